The van der Waals surface area contributed by atoms with Crippen molar-refractivity contribution in [3.8, 4) is 6.07 Å². The number of rotatable bonds is 4. The summed E-state index contributed by atoms with van der Waals surface area (Å²) in [5.74, 6) is -0.608. The molecule has 0 aliphatic heterocycles. The van der Waals surface area contributed by atoms with Crippen molar-refractivity contribution in [1.82, 2.24) is 10.6 Å². The third kappa shape index (κ3) is 4.43. The van der Waals surface area contributed by atoms with Crippen LogP contribution in [0.3, 0.4) is 0 Å². The molecule has 0 aromatic heterocycles. The van der Waals surface area contributed by atoms with Crippen molar-refractivity contribution in [2.24, 2.45) is 0 Å². The summed E-state index contributed by atoms with van der Waals surface area (Å²) in [6.07, 6.45) is 0. The molecular weight excluding hydrogens is 242 g/mol. The third-order valence-corrected chi connectivity index (χ3v) is 2.43. The molecule has 5 nitrogen and oxygen atoms in total. The lowest BCUT2D eigenvalue weighted by Crippen LogP contribution is -2.46. The largest absolute Gasteiger partial charge is 0.352 e. The smallest absolute Gasteiger partial charge is 0.251 e. The van der Waals surface area contributed by atoms with Crippen LogP contribution in [0.4, 0.5) is 0 Å². The molecule has 0 saturated carbocycles. The molecule has 5 heteroatoms. The van der Waals surface area contributed by atoms with Crippen LogP contribution in [0.5, 0.6) is 0 Å². The van der Waals surface area contributed by atoms with Gasteiger partial charge >= 0.3 is 0 Å². The van der Waals surface area contributed by atoms with Crippen LogP contribution < -0.4 is 10.6 Å². The average molecular weight is 259 g/mol. The summed E-state index contributed by atoms with van der Waals surface area (Å²) >= 11 is 0. The predicted octanol–water partition coefficient (Wildman–Crippen LogP) is 1.20. The Labute approximate surface area is 112 Å². The second-order valence-electron chi connectivity index (χ2n) is 4.55. The van der Waals surface area contributed by atoms with E-state index in [-0.39, 0.29) is 17.9 Å². The van der Waals surface area contributed by atoms with Gasteiger partial charge in [-0.25, -0.2) is 0 Å². The van der Waals surface area contributed by atoms with Gasteiger partial charge in [0.2, 0.25) is 5.91 Å². The van der Waals surface area contributed by atoms with E-state index in [0.29, 0.717) is 11.1 Å². The molecule has 100 valence electrons. The highest BCUT2D eigenvalue weighted by atomic mass is 16.2. The van der Waals surface area contributed by atoms with Gasteiger partial charge in [0, 0.05) is 11.6 Å². The lowest BCUT2D eigenvalue weighted by molar-refractivity contribution is -0.123. The fraction of sp³-hybridized carbons (Fsp3) is 0.357. The molecule has 0 spiro atoms. The molecule has 1 atom stereocenters. The number of amides is 2. The Hall–Kier alpha value is -2.35. The Bertz CT molecular complexity index is 518. The highest BCUT2D eigenvalue weighted by molar-refractivity contribution is 5.97. The standard InChI is InChI=1S/C14H17N3O2/c1-9(2)16-13(18)10(3)17-14(19)12-6-4-5-11(7-12)8-15/h4-7,9-10H,1-3H3,(H,16,18)(H,17,19). The molecule has 0 saturated heterocycles. The molecule has 0 aliphatic carbocycles. The minimum atomic E-state index is -0.624. The zero-order valence-corrected chi connectivity index (χ0v) is 11.2. The zero-order valence-electron chi connectivity index (χ0n) is 11.2. The Morgan fingerprint density at radius 1 is 1.21 bits per heavy atom. The zero-order chi connectivity index (χ0) is 14.4. The summed E-state index contributed by atoms with van der Waals surface area (Å²) in [5.41, 5.74) is 0.773. The average Bonchev–Trinajstić information content (AvgIpc) is 2.37. The van der Waals surface area contributed by atoms with Crippen LogP contribution in [0.2, 0.25) is 0 Å². The van der Waals surface area contributed by atoms with Crippen molar-refractivity contribution in [2.75, 3.05) is 0 Å². The van der Waals surface area contributed by atoms with E-state index in [2.05, 4.69) is 10.6 Å². The first kappa shape index (κ1) is 14.7. The van der Waals surface area contributed by atoms with Gasteiger partial charge in [-0.15, -0.1) is 0 Å². The lowest BCUT2D eigenvalue weighted by Gasteiger charge is -2.16. The van der Waals surface area contributed by atoms with Crippen molar-refractivity contribution in [1.29, 1.82) is 5.26 Å². The minimum absolute atomic E-state index is 0.0220. The van der Waals surface area contributed by atoms with Crippen LogP contribution in [-0.2, 0) is 4.79 Å². The Balaban J connectivity index is 2.69. The second kappa shape index (κ2) is 6.55. The Morgan fingerprint density at radius 2 is 1.89 bits per heavy atom. The van der Waals surface area contributed by atoms with E-state index in [4.69, 9.17) is 5.26 Å². The number of hydrogen-bond donors (Lipinski definition) is 2. The molecule has 0 bridgehead atoms. The topological polar surface area (TPSA) is 82.0 Å². The van der Waals surface area contributed by atoms with Gasteiger partial charge in [-0.1, -0.05) is 6.07 Å². The van der Waals surface area contributed by atoms with Gasteiger partial charge in [-0.05, 0) is 39.0 Å². The monoisotopic (exact) mass is 259 g/mol. The third-order valence-electron chi connectivity index (χ3n) is 2.43. The van der Waals surface area contributed by atoms with Crippen LogP contribution >= 0.6 is 0 Å². The molecule has 1 unspecified atom stereocenters. The molecule has 19 heavy (non-hydrogen) atoms. The first-order valence-electron chi connectivity index (χ1n) is 6.05. The molecule has 0 aliphatic rings. The molecule has 1 aromatic rings. The van der Waals surface area contributed by atoms with E-state index < -0.39 is 6.04 Å². The summed E-state index contributed by atoms with van der Waals surface area (Å²) in [6.45, 7) is 5.31. The quantitative estimate of drug-likeness (QED) is 0.852. The molecule has 1 aromatic carbocycles. The summed E-state index contributed by atoms with van der Waals surface area (Å²) < 4.78 is 0. The normalized spacial score (nSPS) is 11.5. The van der Waals surface area contributed by atoms with E-state index in [1.54, 1.807) is 25.1 Å². The number of benzene rings is 1. The number of nitriles is 1. The molecule has 0 radical (unpaired) electrons. The van der Waals surface area contributed by atoms with Gasteiger partial charge < -0.3 is 10.6 Å². The fourth-order valence-corrected chi connectivity index (χ4v) is 1.49. The van der Waals surface area contributed by atoms with Crippen molar-refractivity contribution < 1.29 is 9.59 Å². The van der Waals surface area contributed by atoms with Crippen molar-refractivity contribution in [2.45, 2.75) is 32.9 Å². The number of hydrogen-bond acceptors (Lipinski definition) is 3. The van der Waals surface area contributed by atoms with Crippen molar-refractivity contribution in [3.63, 3.8) is 0 Å². The molecule has 2 N–H and O–H groups in total. The highest BCUT2D eigenvalue weighted by Crippen LogP contribution is 2.04. The van der Waals surface area contributed by atoms with Gasteiger partial charge in [0.25, 0.3) is 5.91 Å². The van der Waals surface area contributed by atoms with Crippen LogP contribution in [-0.4, -0.2) is 23.9 Å². The second-order valence-corrected chi connectivity index (χ2v) is 4.55. The van der Waals surface area contributed by atoms with Crippen LogP contribution in [0.25, 0.3) is 0 Å². The Morgan fingerprint density at radius 3 is 2.47 bits per heavy atom. The van der Waals surface area contributed by atoms with E-state index in [0.717, 1.165) is 0 Å². The van der Waals surface area contributed by atoms with Crippen LogP contribution in [0.1, 0.15) is 36.7 Å². The molecule has 1 rings (SSSR count). The molecule has 2 amide bonds. The van der Waals surface area contributed by atoms with Gasteiger partial charge in [0.1, 0.15) is 6.04 Å². The lowest BCUT2D eigenvalue weighted by atomic mass is 10.1. The Kier molecular flexibility index (Phi) is 5.07. The predicted molar refractivity (Wildman–Crippen MR) is 71.4 cm³/mol. The molecular formula is C14H17N3O2. The van der Waals surface area contributed by atoms with Crippen LogP contribution in [0.15, 0.2) is 24.3 Å². The van der Waals surface area contributed by atoms with Gasteiger partial charge in [-0.3, -0.25) is 9.59 Å². The number of nitrogens with zero attached hydrogens (tertiary/aromatic N) is 1. The van der Waals surface area contributed by atoms with E-state index >= 15 is 0 Å². The molecule has 0 heterocycles. The summed E-state index contributed by atoms with van der Waals surface area (Å²) in [4.78, 5) is 23.6. The van der Waals surface area contributed by atoms with Gasteiger partial charge in [0.15, 0.2) is 0 Å². The van der Waals surface area contributed by atoms with Crippen LogP contribution in [0, 0.1) is 11.3 Å². The van der Waals surface area contributed by atoms with E-state index in [1.807, 2.05) is 19.9 Å². The summed E-state index contributed by atoms with van der Waals surface area (Å²) in [7, 11) is 0. The number of carbonyl (C=O) groups excluding carboxylic acids is 2. The minimum Gasteiger partial charge on any atom is -0.352 e. The van der Waals surface area contributed by atoms with Crippen molar-refractivity contribution >= 4 is 11.8 Å². The SMILES string of the molecule is CC(C)NC(=O)C(C)NC(=O)c1cccc(C#N)c1. The first-order chi connectivity index (χ1) is 8.93. The maximum atomic E-state index is 11.9. The highest BCUT2D eigenvalue weighted by Gasteiger charge is 2.17. The number of carbonyl (C=O) groups is 2. The maximum absolute atomic E-state index is 11.9. The van der Waals surface area contributed by atoms with Crippen molar-refractivity contribution in [3.05, 3.63) is 35.4 Å². The first-order valence-corrected chi connectivity index (χ1v) is 6.05. The van der Waals surface area contributed by atoms with Gasteiger partial charge in [0.05, 0.1) is 11.6 Å². The van der Waals surface area contributed by atoms with E-state index in [9.17, 15) is 9.59 Å². The van der Waals surface area contributed by atoms with Gasteiger partial charge in [-0.2, -0.15) is 5.26 Å². The summed E-state index contributed by atoms with van der Waals surface area (Å²) in [6, 6.07) is 7.70. The molecule has 0 fully saturated rings. The maximum Gasteiger partial charge on any atom is 0.251 e. The van der Waals surface area contributed by atoms with E-state index in [1.165, 1.54) is 6.07 Å². The fourth-order valence-electron chi connectivity index (χ4n) is 1.49. The number of nitrogens with one attached hydrogen (secondary N) is 2. The summed E-state index contributed by atoms with van der Waals surface area (Å²) in [5, 5.41) is 14.1.